The second-order valence-electron chi connectivity index (χ2n) is 3.15. The van der Waals surface area contributed by atoms with Crippen LogP contribution in [0.25, 0.3) is 0 Å². The molecule has 86 valence electrons. The summed E-state index contributed by atoms with van der Waals surface area (Å²) in [6.07, 6.45) is 1.69. The fourth-order valence-electron chi connectivity index (χ4n) is 1.11. The lowest BCUT2D eigenvalue weighted by Crippen LogP contribution is -2.23. The van der Waals surface area contributed by atoms with Crippen LogP contribution in [0.3, 0.4) is 0 Å². The first-order valence-corrected chi connectivity index (χ1v) is 5.45. The van der Waals surface area contributed by atoms with E-state index in [-0.39, 0.29) is 11.8 Å². The van der Waals surface area contributed by atoms with E-state index in [9.17, 15) is 4.79 Å². The molecule has 0 aliphatic rings. The molecule has 0 bridgehead atoms. The van der Waals surface area contributed by atoms with Gasteiger partial charge in [0.05, 0.1) is 0 Å². The Labute approximate surface area is 100 Å². The number of alkyl halides is 1. The summed E-state index contributed by atoms with van der Waals surface area (Å²) in [7, 11) is 0. The summed E-state index contributed by atoms with van der Waals surface area (Å²) in [6.45, 7) is 4.53. The number of nitrogens with one attached hydrogen (secondary N) is 1. The fourth-order valence-corrected chi connectivity index (χ4v) is 1.20. The topological polar surface area (TPSA) is 38.3 Å². The van der Waals surface area contributed by atoms with Crippen LogP contribution in [-0.2, 0) is 11.3 Å². The van der Waals surface area contributed by atoms with Crippen LogP contribution in [0, 0.1) is 0 Å². The maximum absolute atomic E-state index is 10.9. The highest BCUT2D eigenvalue weighted by Crippen LogP contribution is 2.11. The van der Waals surface area contributed by atoms with E-state index in [1.165, 1.54) is 0 Å². The first kappa shape index (κ1) is 12.6. The highest BCUT2D eigenvalue weighted by atomic mass is 35.5. The minimum absolute atomic E-state index is 0.0134. The van der Waals surface area contributed by atoms with Gasteiger partial charge in [-0.15, -0.1) is 11.6 Å². The summed E-state index contributed by atoms with van der Waals surface area (Å²) < 4.78 is 5.33. The van der Waals surface area contributed by atoms with Crippen molar-refractivity contribution in [3.8, 4) is 5.75 Å². The molecular weight excluding hydrogens is 226 g/mol. The minimum Gasteiger partial charge on any atom is -0.490 e. The van der Waals surface area contributed by atoms with E-state index in [2.05, 4.69) is 11.9 Å². The van der Waals surface area contributed by atoms with Crippen molar-refractivity contribution in [3.05, 3.63) is 42.5 Å². The zero-order valence-electron chi connectivity index (χ0n) is 8.91. The molecule has 0 radical (unpaired) electrons. The molecule has 0 spiro atoms. The summed E-state index contributed by atoms with van der Waals surface area (Å²) in [5, 5.41) is 2.68. The highest BCUT2D eigenvalue weighted by molar-refractivity contribution is 6.27. The molecule has 1 amide bonds. The first-order valence-electron chi connectivity index (χ1n) is 4.91. The molecule has 0 aliphatic heterocycles. The van der Waals surface area contributed by atoms with Gasteiger partial charge in [0.15, 0.2) is 0 Å². The molecule has 0 aliphatic carbocycles. The van der Waals surface area contributed by atoms with Gasteiger partial charge in [0.25, 0.3) is 0 Å². The molecule has 0 aromatic heterocycles. The number of carbonyl (C=O) groups is 1. The van der Waals surface area contributed by atoms with Gasteiger partial charge in [0.2, 0.25) is 5.91 Å². The molecule has 1 rings (SSSR count). The second kappa shape index (κ2) is 6.90. The molecule has 0 heterocycles. The van der Waals surface area contributed by atoms with Gasteiger partial charge in [-0.25, -0.2) is 0 Å². The Morgan fingerprint density at radius 2 is 2.12 bits per heavy atom. The molecule has 1 aromatic rings. The largest absolute Gasteiger partial charge is 0.490 e. The predicted molar refractivity (Wildman–Crippen MR) is 64.7 cm³/mol. The molecule has 0 saturated carbocycles. The molecule has 4 heteroatoms. The number of amides is 1. The summed E-state index contributed by atoms with van der Waals surface area (Å²) in [6, 6.07) is 7.50. The lowest BCUT2D eigenvalue weighted by atomic mass is 10.2. The average molecular weight is 240 g/mol. The number of rotatable bonds is 6. The van der Waals surface area contributed by atoms with Crippen molar-refractivity contribution >= 4 is 17.5 Å². The lowest BCUT2D eigenvalue weighted by molar-refractivity contribution is -0.118. The van der Waals surface area contributed by atoms with E-state index >= 15 is 0 Å². The second-order valence-corrected chi connectivity index (χ2v) is 3.42. The quantitative estimate of drug-likeness (QED) is 0.610. The van der Waals surface area contributed by atoms with Crippen molar-refractivity contribution in [2.45, 2.75) is 6.54 Å². The standard InChI is InChI=1S/C12H14ClNO2/c1-2-7-16-11-5-3-10(4-6-11)9-14-12(15)8-13/h2-6H,1,7-9H2,(H,14,15). The SMILES string of the molecule is C=CCOc1ccc(CNC(=O)CCl)cc1. The molecular formula is C12H14ClNO2. The van der Waals surface area contributed by atoms with Gasteiger partial charge in [-0.1, -0.05) is 24.8 Å². The molecule has 0 atom stereocenters. The zero-order valence-corrected chi connectivity index (χ0v) is 9.67. The molecule has 0 fully saturated rings. The Kier molecular flexibility index (Phi) is 5.43. The highest BCUT2D eigenvalue weighted by Gasteiger charge is 1.98. The number of hydrogen-bond donors (Lipinski definition) is 1. The number of halogens is 1. The van der Waals surface area contributed by atoms with E-state index in [1.54, 1.807) is 6.08 Å². The van der Waals surface area contributed by atoms with Gasteiger partial charge in [-0.3, -0.25) is 4.79 Å². The number of ether oxygens (including phenoxy) is 1. The predicted octanol–water partition coefficient (Wildman–Crippen LogP) is 2.11. The van der Waals surface area contributed by atoms with Crippen molar-refractivity contribution in [2.75, 3.05) is 12.5 Å². The van der Waals surface area contributed by atoms with Crippen LogP contribution in [0.2, 0.25) is 0 Å². The van der Waals surface area contributed by atoms with Crippen LogP contribution in [-0.4, -0.2) is 18.4 Å². The summed E-state index contributed by atoms with van der Waals surface area (Å²) in [5.74, 6) is 0.599. The Hall–Kier alpha value is -1.48. The van der Waals surface area contributed by atoms with Crippen LogP contribution in [0.4, 0.5) is 0 Å². The first-order chi connectivity index (χ1) is 7.76. The van der Waals surface area contributed by atoms with E-state index in [0.717, 1.165) is 11.3 Å². The third kappa shape index (κ3) is 4.36. The van der Waals surface area contributed by atoms with Gasteiger partial charge < -0.3 is 10.1 Å². The van der Waals surface area contributed by atoms with Gasteiger partial charge in [0.1, 0.15) is 18.2 Å². The van der Waals surface area contributed by atoms with Crippen molar-refractivity contribution in [2.24, 2.45) is 0 Å². The van der Waals surface area contributed by atoms with E-state index in [0.29, 0.717) is 13.2 Å². The van der Waals surface area contributed by atoms with E-state index in [1.807, 2.05) is 24.3 Å². The molecule has 1 aromatic carbocycles. The maximum Gasteiger partial charge on any atom is 0.235 e. The van der Waals surface area contributed by atoms with Gasteiger partial charge in [-0.05, 0) is 17.7 Å². The van der Waals surface area contributed by atoms with E-state index < -0.39 is 0 Å². The lowest BCUT2D eigenvalue weighted by Gasteiger charge is -2.05. The Bertz CT molecular complexity index is 349. The van der Waals surface area contributed by atoms with Crippen molar-refractivity contribution in [1.29, 1.82) is 0 Å². The molecule has 1 N–H and O–H groups in total. The molecule has 0 unspecified atom stereocenters. The Morgan fingerprint density at radius 3 is 2.69 bits per heavy atom. The van der Waals surface area contributed by atoms with Crippen LogP contribution >= 0.6 is 11.6 Å². The van der Waals surface area contributed by atoms with Crippen LogP contribution < -0.4 is 10.1 Å². The number of carbonyl (C=O) groups excluding carboxylic acids is 1. The number of hydrogen-bond acceptors (Lipinski definition) is 2. The van der Waals surface area contributed by atoms with Crippen LogP contribution in [0.15, 0.2) is 36.9 Å². The summed E-state index contributed by atoms with van der Waals surface area (Å²) in [5.41, 5.74) is 1.00. The molecule has 16 heavy (non-hydrogen) atoms. The van der Waals surface area contributed by atoms with Gasteiger partial charge in [-0.2, -0.15) is 0 Å². The van der Waals surface area contributed by atoms with E-state index in [4.69, 9.17) is 16.3 Å². The molecule has 0 saturated heterocycles. The van der Waals surface area contributed by atoms with Gasteiger partial charge in [0, 0.05) is 6.54 Å². The van der Waals surface area contributed by atoms with Crippen molar-refractivity contribution in [3.63, 3.8) is 0 Å². The van der Waals surface area contributed by atoms with Gasteiger partial charge >= 0.3 is 0 Å². The Balaban J connectivity index is 2.44. The Morgan fingerprint density at radius 1 is 1.44 bits per heavy atom. The third-order valence-corrected chi connectivity index (χ3v) is 2.14. The number of benzene rings is 1. The minimum atomic E-state index is -0.173. The monoisotopic (exact) mass is 239 g/mol. The van der Waals surface area contributed by atoms with Crippen molar-refractivity contribution < 1.29 is 9.53 Å². The van der Waals surface area contributed by atoms with Crippen LogP contribution in [0.5, 0.6) is 5.75 Å². The fraction of sp³-hybridized carbons (Fsp3) is 0.250. The van der Waals surface area contributed by atoms with Crippen LogP contribution in [0.1, 0.15) is 5.56 Å². The van der Waals surface area contributed by atoms with Crippen molar-refractivity contribution in [1.82, 2.24) is 5.32 Å². The molecule has 3 nitrogen and oxygen atoms in total. The normalized spacial score (nSPS) is 9.56. The zero-order chi connectivity index (χ0) is 11.8. The summed E-state index contributed by atoms with van der Waals surface area (Å²) >= 11 is 5.36. The summed E-state index contributed by atoms with van der Waals surface area (Å²) in [4.78, 5) is 10.9. The average Bonchev–Trinajstić information content (AvgIpc) is 2.34. The third-order valence-electron chi connectivity index (χ3n) is 1.90. The smallest absolute Gasteiger partial charge is 0.235 e. The maximum atomic E-state index is 10.9.